The van der Waals surface area contributed by atoms with E-state index in [-0.39, 0.29) is 6.04 Å². The van der Waals surface area contributed by atoms with Crippen LogP contribution < -0.4 is 11.3 Å². The first-order valence-corrected chi connectivity index (χ1v) is 8.05. The van der Waals surface area contributed by atoms with E-state index in [2.05, 4.69) is 57.8 Å². The molecular formula is C13H19BrN4S. The topological polar surface area (TPSA) is 55.9 Å². The lowest BCUT2D eigenvalue weighted by Gasteiger charge is -2.13. The summed E-state index contributed by atoms with van der Waals surface area (Å²) in [7, 11) is 0. The van der Waals surface area contributed by atoms with Crippen LogP contribution in [0.3, 0.4) is 0 Å². The van der Waals surface area contributed by atoms with Crippen molar-refractivity contribution in [2.24, 2.45) is 5.84 Å². The predicted molar refractivity (Wildman–Crippen MR) is 83.0 cm³/mol. The number of hydrogen-bond acceptors (Lipinski definition) is 4. The zero-order valence-corrected chi connectivity index (χ0v) is 13.5. The summed E-state index contributed by atoms with van der Waals surface area (Å²) in [5.74, 6) is 5.66. The van der Waals surface area contributed by atoms with E-state index in [1.807, 2.05) is 10.9 Å². The Labute approximate surface area is 126 Å². The Kier molecular flexibility index (Phi) is 5.15. The highest BCUT2D eigenvalue weighted by molar-refractivity contribution is 9.10. The highest BCUT2D eigenvalue weighted by atomic mass is 79.9. The second kappa shape index (κ2) is 6.65. The van der Waals surface area contributed by atoms with Crippen LogP contribution >= 0.6 is 27.3 Å². The highest BCUT2D eigenvalue weighted by Gasteiger charge is 2.15. The zero-order valence-electron chi connectivity index (χ0n) is 11.1. The summed E-state index contributed by atoms with van der Waals surface area (Å²) in [6, 6.07) is 4.71. The van der Waals surface area contributed by atoms with Gasteiger partial charge in [0.2, 0.25) is 0 Å². The Hall–Kier alpha value is -0.690. The van der Waals surface area contributed by atoms with Gasteiger partial charge >= 0.3 is 0 Å². The summed E-state index contributed by atoms with van der Waals surface area (Å²) < 4.78 is 3.12. The van der Waals surface area contributed by atoms with E-state index < -0.39 is 0 Å². The lowest BCUT2D eigenvalue weighted by Crippen LogP contribution is -2.29. The maximum Gasteiger partial charge on any atom is 0.0644 e. The summed E-state index contributed by atoms with van der Waals surface area (Å²) in [4.78, 5) is 1.22. The van der Waals surface area contributed by atoms with Crippen LogP contribution in [0.5, 0.6) is 0 Å². The van der Waals surface area contributed by atoms with Crippen LogP contribution in [0.1, 0.15) is 42.9 Å². The SMILES string of the molecule is CCC(C)n1ccc(CC(NN)c2cc(Br)cs2)n1. The van der Waals surface area contributed by atoms with Gasteiger partial charge in [-0.25, -0.2) is 0 Å². The van der Waals surface area contributed by atoms with Crippen molar-refractivity contribution < 1.29 is 0 Å². The molecule has 104 valence electrons. The quantitative estimate of drug-likeness (QED) is 0.624. The van der Waals surface area contributed by atoms with Gasteiger partial charge in [-0.2, -0.15) is 5.10 Å². The molecule has 0 spiro atoms. The fraction of sp³-hybridized carbons (Fsp3) is 0.462. The molecule has 6 heteroatoms. The van der Waals surface area contributed by atoms with Gasteiger partial charge in [-0.15, -0.1) is 11.3 Å². The van der Waals surface area contributed by atoms with Crippen LogP contribution in [0.15, 0.2) is 28.2 Å². The second-order valence-electron chi connectivity index (χ2n) is 4.64. The molecule has 0 fully saturated rings. The number of rotatable bonds is 6. The summed E-state index contributed by atoms with van der Waals surface area (Å²) >= 11 is 5.16. The molecule has 0 bridgehead atoms. The van der Waals surface area contributed by atoms with E-state index in [0.29, 0.717) is 6.04 Å². The number of aromatic nitrogens is 2. The molecule has 0 aliphatic carbocycles. The summed E-state index contributed by atoms with van der Waals surface area (Å²) in [6.07, 6.45) is 3.92. The number of nitrogens with one attached hydrogen (secondary N) is 1. The average molecular weight is 343 g/mol. The number of hydrogen-bond donors (Lipinski definition) is 2. The average Bonchev–Trinajstić information content (AvgIpc) is 3.04. The van der Waals surface area contributed by atoms with E-state index in [4.69, 9.17) is 5.84 Å². The summed E-state index contributed by atoms with van der Waals surface area (Å²) in [5, 5.41) is 6.68. The van der Waals surface area contributed by atoms with Gasteiger partial charge in [0.1, 0.15) is 0 Å². The fourth-order valence-corrected chi connectivity index (χ4v) is 3.39. The van der Waals surface area contributed by atoms with Crippen molar-refractivity contribution >= 4 is 27.3 Å². The molecule has 2 unspecified atom stereocenters. The molecule has 4 nitrogen and oxygen atoms in total. The minimum atomic E-state index is 0.108. The number of halogens is 1. The number of hydrazine groups is 1. The van der Waals surface area contributed by atoms with Gasteiger partial charge in [-0.1, -0.05) is 6.92 Å². The lowest BCUT2D eigenvalue weighted by molar-refractivity contribution is 0.467. The van der Waals surface area contributed by atoms with Crippen LogP contribution in [0.2, 0.25) is 0 Å². The third-order valence-electron chi connectivity index (χ3n) is 3.25. The van der Waals surface area contributed by atoms with Gasteiger partial charge in [0, 0.05) is 33.4 Å². The van der Waals surface area contributed by atoms with Crippen molar-refractivity contribution in [2.45, 2.75) is 38.8 Å². The predicted octanol–water partition coefficient (Wildman–Crippen LogP) is 3.43. The number of thiophene rings is 1. The van der Waals surface area contributed by atoms with Gasteiger partial charge in [0.05, 0.1) is 11.7 Å². The molecule has 2 aromatic heterocycles. The Bertz CT molecular complexity index is 522. The molecule has 0 saturated heterocycles. The van der Waals surface area contributed by atoms with Gasteiger partial charge in [-0.05, 0) is 41.4 Å². The Balaban J connectivity index is 2.08. The summed E-state index contributed by atoms with van der Waals surface area (Å²) in [6.45, 7) is 4.34. The third-order valence-corrected chi connectivity index (χ3v) is 5.06. The highest BCUT2D eigenvalue weighted by Crippen LogP contribution is 2.27. The van der Waals surface area contributed by atoms with E-state index in [1.54, 1.807) is 11.3 Å². The van der Waals surface area contributed by atoms with Crippen molar-refractivity contribution in [3.05, 3.63) is 38.8 Å². The standard InChI is InChI=1S/C13H19BrN4S/c1-3-9(2)18-5-4-11(17-18)7-12(16-15)13-6-10(14)8-19-13/h4-6,8-9,12,16H,3,7,15H2,1-2H3. The molecular weight excluding hydrogens is 324 g/mol. The van der Waals surface area contributed by atoms with Gasteiger partial charge in [0.25, 0.3) is 0 Å². The first-order valence-electron chi connectivity index (χ1n) is 6.38. The van der Waals surface area contributed by atoms with Crippen molar-refractivity contribution in [3.8, 4) is 0 Å². The number of nitrogens with zero attached hydrogens (tertiary/aromatic N) is 2. The molecule has 0 saturated carbocycles. The second-order valence-corrected chi connectivity index (χ2v) is 6.49. The first kappa shape index (κ1) is 14.7. The minimum Gasteiger partial charge on any atom is -0.271 e. The van der Waals surface area contributed by atoms with E-state index in [0.717, 1.165) is 23.0 Å². The first-order chi connectivity index (χ1) is 9.13. The van der Waals surface area contributed by atoms with Crippen molar-refractivity contribution in [1.82, 2.24) is 15.2 Å². The van der Waals surface area contributed by atoms with Crippen LogP contribution in [0.4, 0.5) is 0 Å². The lowest BCUT2D eigenvalue weighted by atomic mass is 10.1. The zero-order chi connectivity index (χ0) is 13.8. The van der Waals surface area contributed by atoms with Crippen LogP contribution in [-0.2, 0) is 6.42 Å². The Morgan fingerprint density at radius 2 is 2.37 bits per heavy atom. The van der Waals surface area contributed by atoms with Crippen LogP contribution in [0, 0.1) is 0 Å². The monoisotopic (exact) mass is 342 g/mol. The van der Waals surface area contributed by atoms with Crippen molar-refractivity contribution in [1.29, 1.82) is 0 Å². The molecule has 3 N–H and O–H groups in total. The fourth-order valence-electron chi connectivity index (χ4n) is 1.88. The van der Waals surface area contributed by atoms with E-state index in [1.165, 1.54) is 4.88 Å². The third kappa shape index (κ3) is 3.66. The molecule has 2 atom stereocenters. The molecule has 0 aromatic carbocycles. The molecule has 0 aliphatic heterocycles. The van der Waals surface area contributed by atoms with E-state index in [9.17, 15) is 0 Å². The maximum atomic E-state index is 5.66. The molecule has 19 heavy (non-hydrogen) atoms. The molecule has 0 radical (unpaired) electrons. The minimum absolute atomic E-state index is 0.108. The van der Waals surface area contributed by atoms with Gasteiger partial charge in [0.15, 0.2) is 0 Å². The normalized spacial score (nSPS) is 14.5. The van der Waals surface area contributed by atoms with Gasteiger partial charge < -0.3 is 0 Å². The molecule has 2 rings (SSSR count). The van der Waals surface area contributed by atoms with Crippen LogP contribution in [-0.4, -0.2) is 9.78 Å². The molecule has 2 heterocycles. The Morgan fingerprint density at radius 1 is 1.58 bits per heavy atom. The largest absolute Gasteiger partial charge is 0.271 e. The van der Waals surface area contributed by atoms with Gasteiger partial charge in [-0.3, -0.25) is 16.0 Å². The molecule has 0 amide bonds. The molecule has 0 aliphatic rings. The number of nitrogens with two attached hydrogens (primary N) is 1. The Morgan fingerprint density at radius 3 is 2.95 bits per heavy atom. The smallest absolute Gasteiger partial charge is 0.0644 e. The van der Waals surface area contributed by atoms with Crippen LogP contribution in [0.25, 0.3) is 0 Å². The van der Waals surface area contributed by atoms with Crippen molar-refractivity contribution in [3.63, 3.8) is 0 Å². The summed E-state index contributed by atoms with van der Waals surface area (Å²) in [5.41, 5.74) is 3.94. The van der Waals surface area contributed by atoms with E-state index >= 15 is 0 Å². The maximum absolute atomic E-state index is 5.66. The van der Waals surface area contributed by atoms with Crippen molar-refractivity contribution in [2.75, 3.05) is 0 Å². The molecule has 2 aromatic rings.